The van der Waals surface area contributed by atoms with Crippen LogP contribution in [0.1, 0.15) is 66.7 Å². The molecule has 0 heterocycles. The molecule has 34 heavy (non-hydrogen) atoms. The molecule has 0 radical (unpaired) electrons. The van der Waals surface area contributed by atoms with Crippen molar-refractivity contribution in [2.24, 2.45) is 28.6 Å². The van der Waals surface area contributed by atoms with Gasteiger partial charge in [0.25, 0.3) is 0 Å². The van der Waals surface area contributed by atoms with Crippen molar-refractivity contribution < 1.29 is 29.3 Å². The summed E-state index contributed by atoms with van der Waals surface area (Å²) in [5.74, 6) is -0.578. The molecule has 0 amide bonds. The van der Waals surface area contributed by atoms with Crippen LogP contribution < -0.4 is 0 Å². The third-order valence-electron chi connectivity index (χ3n) is 10.5. The quantitative estimate of drug-likeness (QED) is 0.408. The first-order valence-electron chi connectivity index (χ1n) is 12.7. The van der Waals surface area contributed by atoms with Crippen LogP contribution in [0.5, 0.6) is 0 Å². The Labute approximate surface area is 204 Å². The van der Waals surface area contributed by atoms with Gasteiger partial charge in [-0.25, -0.2) is 0 Å². The van der Waals surface area contributed by atoms with Gasteiger partial charge in [0.1, 0.15) is 5.60 Å². The lowest BCUT2D eigenvalue weighted by atomic mass is 9.46. The maximum Gasteiger partial charge on any atom is 0.219 e. The SMILES string of the molecule is CC(C)(C)[Si](C)(C)OC(O)C(=O)[C@@]1(O)CC[C@H]2[C@@H]3CCC4=CC(=O)C=C[C@]4(C)[C@H]3[C@@H](O)C[C@@]21C. The van der Waals surface area contributed by atoms with Gasteiger partial charge in [-0.05, 0) is 74.2 Å². The fourth-order valence-electron chi connectivity index (χ4n) is 7.45. The minimum Gasteiger partial charge on any atom is -0.393 e. The molecule has 0 aromatic rings. The number of hydrogen-bond acceptors (Lipinski definition) is 6. The molecule has 6 nitrogen and oxygen atoms in total. The largest absolute Gasteiger partial charge is 0.393 e. The molecule has 1 unspecified atom stereocenters. The first kappa shape index (κ1) is 26.0. The van der Waals surface area contributed by atoms with E-state index in [4.69, 9.17) is 4.43 Å². The molecule has 190 valence electrons. The van der Waals surface area contributed by atoms with E-state index in [9.17, 15) is 24.9 Å². The van der Waals surface area contributed by atoms with Gasteiger partial charge in [0, 0.05) is 16.7 Å². The van der Waals surface area contributed by atoms with E-state index in [2.05, 4.69) is 6.92 Å². The van der Waals surface area contributed by atoms with Crippen molar-refractivity contribution in [3.05, 3.63) is 23.8 Å². The van der Waals surface area contributed by atoms with Crippen molar-refractivity contribution in [3.63, 3.8) is 0 Å². The Morgan fingerprint density at radius 1 is 1.24 bits per heavy atom. The number of aliphatic hydroxyl groups excluding tert-OH is 2. The van der Waals surface area contributed by atoms with Crippen LogP contribution in [0.25, 0.3) is 0 Å². The highest BCUT2D eigenvalue weighted by atomic mass is 28.4. The average molecular weight is 491 g/mol. The molecule has 0 aromatic heterocycles. The van der Waals surface area contributed by atoms with Crippen molar-refractivity contribution in [2.75, 3.05) is 0 Å². The molecular formula is C27H42O6Si. The Kier molecular flexibility index (Phi) is 6.06. The molecule has 0 saturated heterocycles. The molecule has 8 atom stereocenters. The Bertz CT molecular complexity index is 947. The third kappa shape index (κ3) is 3.57. The Hall–Kier alpha value is -1.12. The lowest BCUT2D eigenvalue weighted by molar-refractivity contribution is -0.192. The van der Waals surface area contributed by atoms with E-state index >= 15 is 0 Å². The Morgan fingerprint density at radius 2 is 1.88 bits per heavy atom. The van der Waals surface area contributed by atoms with Crippen LogP contribution >= 0.6 is 0 Å². The van der Waals surface area contributed by atoms with Gasteiger partial charge in [0.05, 0.1) is 6.10 Å². The van der Waals surface area contributed by atoms with Gasteiger partial charge in [0.2, 0.25) is 12.1 Å². The zero-order valence-electron chi connectivity index (χ0n) is 21.7. The number of ketones is 2. The standard InChI is InChI=1S/C27H42O6Si/c1-24(2,3)34(6,7)33-23(31)22(30)27(32)13-11-19-18-9-8-16-14-17(28)10-12-25(16,4)21(18)20(29)15-26(19,27)5/h10,12,14,18-21,23,29,31-32H,8-9,11,13,15H2,1-7H3/t18-,19-,20-,21+,23?,25-,26-,27-/m0/s1. The lowest BCUT2D eigenvalue weighted by Gasteiger charge is -2.59. The summed E-state index contributed by atoms with van der Waals surface area (Å²) in [4.78, 5) is 25.6. The van der Waals surface area contributed by atoms with Gasteiger partial charge in [-0.2, -0.15) is 0 Å². The van der Waals surface area contributed by atoms with Crippen LogP contribution in [0.3, 0.4) is 0 Å². The summed E-state index contributed by atoms with van der Waals surface area (Å²) < 4.78 is 5.97. The lowest BCUT2D eigenvalue weighted by Crippen LogP contribution is -2.63. The molecular weight excluding hydrogens is 448 g/mol. The molecule has 7 heteroatoms. The smallest absolute Gasteiger partial charge is 0.219 e. The minimum absolute atomic E-state index is 0.00220. The van der Waals surface area contributed by atoms with Gasteiger partial charge in [-0.3, -0.25) is 9.59 Å². The zero-order chi connectivity index (χ0) is 25.5. The van der Waals surface area contributed by atoms with Crippen molar-refractivity contribution in [3.8, 4) is 0 Å². The van der Waals surface area contributed by atoms with E-state index in [0.717, 1.165) is 18.4 Å². The van der Waals surface area contributed by atoms with Gasteiger partial charge < -0.3 is 19.7 Å². The first-order valence-corrected chi connectivity index (χ1v) is 15.6. The van der Waals surface area contributed by atoms with Crippen molar-refractivity contribution >= 4 is 19.9 Å². The second-order valence-electron chi connectivity index (χ2n) is 13.2. The second kappa shape index (κ2) is 7.94. The Balaban J connectivity index is 1.63. The summed E-state index contributed by atoms with van der Waals surface area (Å²) in [5, 5.41) is 34.0. The molecule has 0 aromatic carbocycles. The molecule has 4 aliphatic rings. The maximum atomic E-state index is 13.6. The fraction of sp³-hybridized carbons (Fsp3) is 0.778. The summed E-state index contributed by atoms with van der Waals surface area (Å²) in [7, 11) is -2.43. The van der Waals surface area contributed by atoms with E-state index in [-0.39, 0.29) is 41.4 Å². The summed E-state index contributed by atoms with van der Waals surface area (Å²) in [6.07, 6.45) is 5.67. The van der Waals surface area contributed by atoms with Gasteiger partial charge in [-0.1, -0.05) is 46.3 Å². The number of carbonyl (C=O) groups excluding carboxylic acids is 2. The predicted octanol–water partition coefficient (Wildman–Crippen LogP) is 3.91. The van der Waals surface area contributed by atoms with E-state index in [1.165, 1.54) is 0 Å². The van der Waals surface area contributed by atoms with Gasteiger partial charge >= 0.3 is 0 Å². The zero-order valence-corrected chi connectivity index (χ0v) is 22.7. The van der Waals surface area contributed by atoms with Crippen LogP contribution in [0, 0.1) is 28.6 Å². The van der Waals surface area contributed by atoms with E-state index in [0.29, 0.717) is 6.42 Å². The number of carbonyl (C=O) groups is 2. The van der Waals surface area contributed by atoms with Gasteiger partial charge in [-0.15, -0.1) is 0 Å². The van der Waals surface area contributed by atoms with Crippen molar-refractivity contribution in [1.29, 1.82) is 0 Å². The molecule has 3 fully saturated rings. The van der Waals surface area contributed by atoms with Crippen LogP contribution in [0.4, 0.5) is 0 Å². The van der Waals surface area contributed by atoms with E-state index in [1.54, 1.807) is 12.2 Å². The number of fused-ring (bicyclic) bond motifs is 5. The Morgan fingerprint density at radius 3 is 2.50 bits per heavy atom. The average Bonchev–Trinajstić information content (AvgIpc) is 2.98. The van der Waals surface area contributed by atoms with Crippen molar-refractivity contribution in [1.82, 2.24) is 0 Å². The minimum atomic E-state index is -2.43. The van der Waals surface area contributed by atoms with E-state index in [1.807, 2.05) is 46.9 Å². The van der Waals surface area contributed by atoms with Crippen LogP contribution in [-0.2, 0) is 14.0 Å². The number of rotatable bonds is 4. The molecule has 4 aliphatic carbocycles. The molecule has 0 aliphatic heterocycles. The highest BCUT2D eigenvalue weighted by Gasteiger charge is 2.69. The number of Topliss-reactive ketones (excluding diaryl/α,β-unsaturated/α-hetero) is 1. The predicted molar refractivity (Wildman–Crippen MR) is 132 cm³/mol. The van der Waals surface area contributed by atoms with E-state index < -0.39 is 42.9 Å². The normalized spacial score (nSPS) is 43.0. The summed E-state index contributed by atoms with van der Waals surface area (Å²) in [5.41, 5.74) is -1.92. The number of aliphatic hydroxyl groups is 3. The second-order valence-corrected chi connectivity index (χ2v) is 18.0. The maximum absolute atomic E-state index is 13.6. The summed E-state index contributed by atoms with van der Waals surface area (Å²) in [6, 6.07) is 0. The van der Waals surface area contributed by atoms with Crippen LogP contribution in [-0.4, -0.2) is 53.2 Å². The number of hydrogen-bond donors (Lipinski definition) is 3. The first-order chi connectivity index (χ1) is 15.5. The van der Waals surface area contributed by atoms with Crippen LogP contribution in [0.15, 0.2) is 23.8 Å². The molecule has 3 N–H and O–H groups in total. The topological polar surface area (TPSA) is 104 Å². The highest BCUT2D eigenvalue weighted by Crippen LogP contribution is 2.67. The van der Waals surface area contributed by atoms with Crippen molar-refractivity contribution in [2.45, 2.75) is 103 Å². The van der Waals surface area contributed by atoms with Crippen LogP contribution in [0.2, 0.25) is 18.1 Å². The molecule has 0 spiro atoms. The summed E-state index contributed by atoms with van der Waals surface area (Å²) in [6.45, 7) is 14.1. The monoisotopic (exact) mass is 490 g/mol. The molecule has 3 saturated carbocycles. The number of allylic oxidation sites excluding steroid dienone is 4. The third-order valence-corrected chi connectivity index (χ3v) is 14.9. The molecule has 4 rings (SSSR count). The van der Waals surface area contributed by atoms with Gasteiger partial charge in [0.15, 0.2) is 14.1 Å². The highest BCUT2D eigenvalue weighted by molar-refractivity contribution is 6.74. The molecule has 0 bridgehead atoms. The fourth-order valence-corrected chi connectivity index (χ4v) is 8.47. The summed E-state index contributed by atoms with van der Waals surface area (Å²) >= 11 is 0.